The third-order valence-electron chi connectivity index (χ3n) is 4.26. The number of amides is 1. The summed E-state index contributed by atoms with van der Waals surface area (Å²) in [6.45, 7) is 3.16. The highest BCUT2D eigenvalue weighted by atomic mass is 19.4. The van der Waals surface area contributed by atoms with E-state index in [-0.39, 0.29) is 5.75 Å². The number of nitrogens with zero attached hydrogens (tertiary/aromatic N) is 3. The van der Waals surface area contributed by atoms with Gasteiger partial charge in [-0.25, -0.2) is 10.4 Å². The molecule has 1 heterocycles. The zero-order valence-corrected chi connectivity index (χ0v) is 16.2. The minimum atomic E-state index is -4.49. The molecule has 0 aliphatic carbocycles. The smallest absolute Gasteiger partial charge is 0.416 e. The van der Waals surface area contributed by atoms with E-state index in [0.29, 0.717) is 5.71 Å². The van der Waals surface area contributed by atoms with E-state index in [0.717, 1.165) is 23.4 Å². The summed E-state index contributed by atoms with van der Waals surface area (Å²) < 4.78 is 45.5. The molecule has 1 amide bonds. The van der Waals surface area contributed by atoms with Gasteiger partial charge in [0.25, 0.3) is 5.91 Å². The monoisotopic (exact) mass is 416 g/mol. The maximum atomic E-state index is 12.8. The second kappa shape index (κ2) is 8.81. The van der Waals surface area contributed by atoms with Crippen LogP contribution in [0.2, 0.25) is 0 Å². The van der Waals surface area contributed by atoms with Gasteiger partial charge in [0.15, 0.2) is 6.10 Å². The number of halogens is 3. The number of hydrazone groups is 1. The van der Waals surface area contributed by atoms with E-state index >= 15 is 0 Å². The fourth-order valence-corrected chi connectivity index (χ4v) is 2.58. The van der Waals surface area contributed by atoms with Gasteiger partial charge in [0, 0.05) is 18.1 Å². The molecule has 0 unspecified atom stereocenters. The Morgan fingerprint density at radius 1 is 1.20 bits per heavy atom. The van der Waals surface area contributed by atoms with Crippen molar-refractivity contribution >= 4 is 11.6 Å². The van der Waals surface area contributed by atoms with E-state index in [9.17, 15) is 18.0 Å². The van der Waals surface area contributed by atoms with E-state index in [2.05, 4.69) is 15.5 Å². The van der Waals surface area contributed by atoms with Crippen molar-refractivity contribution in [3.05, 3.63) is 78.4 Å². The van der Waals surface area contributed by atoms with Crippen molar-refractivity contribution in [2.24, 2.45) is 5.10 Å². The van der Waals surface area contributed by atoms with Crippen molar-refractivity contribution in [2.45, 2.75) is 26.1 Å². The number of alkyl halides is 3. The number of hydrogen-bond acceptors (Lipinski definition) is 4. The molecule has 0 aliphatic heterocycles. The molecular weight excluding hydrogens is 397 g/mol. The number of aromatic nitrogens is 2. The molecule has 0 aliphatic rings. The van der Waals surface area contributed by atoms with Crippen molar-refractivity contribution in [3.8, 4) is 11.4 Å². The average Bonchev–Trinajstić information content (AvgIpc) is 3.26. The van der Waals surface area contributed by atoms with Crippen LogP contribution < -0.4 is 10.2 Å². The van der Waals surface area contributed by atoms with Crippen molar-refractivity contribution in [1.29, 1.82) is 0 Å². The van der Waals surface area contributed by atoms with Gasteiger partial charge in [0.05, 0.1) is 17.6 Å². The Balaban J connectivity index is 1.60. The maximum Gasteiger partial charge on any atom is 0.416 e. The molecule has 0 saturated heterocycles. The van der Waals surface area contributed by atoms with Crippen LogP contribution in [0.5, 0.6) is 5.75 Å². The molecule has 0 radical (unpaired) electrons. The molecule has 30 heavy (non-hydrogen) atoms. The first-order valence-corrected chi connectivity index (χ1v) is 9.01. The lowest BCUT2D eigenvalue weighted by molar-refractivity contribution is -0.137. The molecule has 1 atom stereocenters. The van der Waals surface area contributed by atoms with Crippen LogP contribution in [0.1, 0.15) is 25.0 Å². The first-order chi connectivity index (χ1) is 14.2. The number of ether oxygens (including phenoxy) is 1. The van der Waals surface area contributed by atoms with Gasteiger partial charge in [0.1, 0.15) is 5.75 Å². The lowest BCUT2D eigenvalue weighted by atomic mass is 10.1. The Morgan fingerprint density at radius 3 is 2.57 bits per heavy atom. The Morgan fingerprint density at radius 2 is 1.93 bits per heavy atom. The number of benzene rings is 2. The topological polar surface area (TPSA) is 68.5 Å². The van der Waals surface area contributed by atoms with Crippen LogP contribution in [-0.2, 0) is 11.0 Å². The molecule has 0 saturated carbocycles. The Kier molecular flexibility index (Phi) is 6.20. The summed E-state index contributed by atoms with van der Waals surface area (Å²) in [5.74, 6) is -0.634. The summed E-state index contributed by atoms with van der Waals surface area (Å²) in [5, 5.41) is 4.04. The van der Waals surface area contributed by atoms with E-state index in [1.54, 1.807) is 19.4 Å². The van der Waals surface area contributed by atoms with E-state index in [4.69, 9.17) is 4.74 Å². The molecule has 9 heteroatoms. The number of nitrogens with one attached hydrogen (secondary N) is 1. The van der Waals surface area contributed by atoms with Gasteiger partial charge in [-0.1, -0.05) is 18.2 Å². The molecule has 0 bridgehead atoms. The first-order valence-electron chi connectivity index (χ1n) is 9.01. The predicted octanol–water partition coefficient (Wildman–Crippen LogP) is 4.20. The second-order valence-corrected chi connectivity index (χ2v) is 6.48. The Bertz CT molecular complexity index is 1030. The van der Waals surface area contributed by atoms with E-state index in [1.165, 1.54) is 19.1 Å². The molecule has 156 valence electrons. The molecule has 1 aromatic heterocycles. The van der Waals surface area contributed by atoms with Crippen LogP contribution in [0.4, 0.5) is 13.2 Å². The number of carbonyl (C=O) groups is 1. The summed E-state index contributed by atoms with van der Waals surface area (Å²) >= 11 is 0. The van der Waals surface area contributed by atoms with Gasteiger partial charge in [-0.15, -0.1) is 0 Å². The highest BCUT2D eigenvalue weighted by Crippen LogP contribution is 2.31. The highest BCUT2D eigenvalue weighted by Gasteiger charge is 2.30. The van der Waals surface area contributed by atoms with Crippen LogP contribution in [0.3, 0.4) is 0 Å². The van der Waals surface area contributed by atoms with Crippen molar-refractivity contribution in [1.82, 2.24) is 15.0 Å². The summed E-state index contributed by atoms with van der Waals surface area (Å²) in [5.41, 5.74) is 3.81. The minimum absolute atomic E-state index is 0.0525. The van der Waals surface area contributed by atoms with Crippen molar-refractivity contribution in [3.63, 3.8) is 0 Å². The fourth-order valence-electron chi connectivity index (χ4n) is 2.58. The van der Waals surface area contributed by atoms with Gasteiger partial charge < -0.3 is 9.30 Å². The van der Waals surface area contributed by atoms with Crippen LogP contribution in [0, 0.1) is 0 Å². The molecular formula is C21H19F3N4O2. The molecule has 3 rings (SSSR count). The summed E-state index contributed by atoms with van der Waals surface area (Å²) in [6.07, 6.45) is -0.337. The molecule has 2 aromatic carbocycles. The molecule has 1 N–H and O–H groups in total. The van der Waals surface area contributed by atoms with E-state index in [1.807, 2.05) is 35.0 Å². The predicted molar refractivity (Wildman–Crippen MR) is 105 cm³/mol. The van der Waals surface area contributed by atoms with Crippen LogP contribution in [0.25, 0.3) is 5.69 Å². The largest absolute Gasteiger partial charge is 0.481 e. The zero-order chi connectivity index (χ0) is 21.7. The normalized spacial score (nSPS) is 13.0. The second-order valence-electron chi connectivity index (χ2n) is 6.48. The molecule has 0 fully saturated rings. The summed E-state index contributed by atoms with van der Waals surface area (Å²) in [4.78, 5) is 16.2. The third-order valence-corrected chi connectivity index (χ3v) is 4.26. The standard InChI is InChI=1S/C21H19F3N4O2/c1-14(16-6-8-18(9-7-16)28-11-10-25-13-28)26-27-20(29)15(2)30-19-5-3-4-17(12-19)21(22,23)24/h3-13,15H,1-2H3,(H,27,29)/b26-14-/t15-/m1/s1. The number of imidazole rings is 1. The fraction of sp³-hybridized carbons (Fsp3) is 0.190. The van der Waals surface area contributed by atoms with Gasteiger partial charge in [-0.2, -0.15) is 18.3 Å². The van der Waals surface area contributed by atoms with Gasteiger partial charge in [-0.3, -0.25) is 4.79 Å². The van der Waals surface area contributed by atoms with Crippen LogP contribution in [-0.4, -0.2) is 27.3 Å². The SMILES string of the molecule is C/C(=N/NC(=O)[C@@H](C)Oc1cccc(C(F)(F)F)c1)c1ccc(-n2ccnc2)cc1. The summed E-state index contributed by atoms with van der Waals surface area (Å²) in [6, 6.07) is 11.8. The number of carbonyl (C=O) groups excluding carboxylic acids is 1. The van der Waals surface area contributed by atoms with Crippen molar-refractivity contribution in [2.75, 3.05) is 0 Å². The third kappa shape index (κ3) is 5.25. The Labute approximate surface area is 171 Å². The average molecular weight is 416 g/mol. The van der Waals surface area contributed by atoms with Crippen LogP contribution in [0.15, 0.2) is 72.4 Å². The highest BCUT2D eigenvalue weighted by molar-refractivity contribution is 5.99. The first kappa shape index (κ1) is 21.1. The molecule has 0 spiro atoms. The maximum absolute atomic E-state index is 12.8. The molecule has 3 aromatic rings. The van der Waals surface area contributed by atoms with Crippen LogP contribution >= 0.6 is 0 Å². The molecule has 6 nitrogen and oxygen atoms in total. The van der Waals surface area contributed by atoms with Gasteiger partial charge >= 0.3 is 6.18 Å². The lowest BCUT2D eigenvalue weighted by Crippen LogP contribution is -2.34. The quantitative estimate of drug-likeness (QED) is 0.484. The lowest BCUT2D eigenvalue weighted by Gasteiger charge is -2.15. The van der Waals surface area contributed by atoms with Gasteiger partial charge in [0.2, 0.25) is 0 Å². The van der Waals surface area contributed by atoms with Crippen molar-refractivity contribution < 1.29 is 22.7 Å². The number of hydrogen-bond donors (Lipinski definition) is 1. The zero-order valence-electron chi connectivity index (χ0n) is 16.2. The summed E-state index contributed by atoms with van der Waals surface area (Å²) in [7, 11) is 0. The number of rotatable bonds is 6. The van der Waals surface area contributed by atoms with E-state index < -0.39 is 23.8 Å². The minimum Gasteiger partial charge on any atom is -0.481 e. The van der Waals surface area contributed by atoms with Gasteiger partial charge in [-0.05, 0) is 49.7 Å². The Hall–Kier alpha value is -3.62.